The number of carbonyl (C=O) groups excluding carboxylic acids is 2. The van der Waals surface area contributed by atoms with Gasteiger partial charge in [-0.2, -0.15) is 0 Å². The van der Waals surface area contributed by atoms with Crippen LogP contribution in [0.25, 0.3) is 10.2 Å². The van der Waals surface area contributed by atoms with Gasteiger partial charge in [-0.05, 0) is 37.3 Å². The largest absolute Gasteiger partial charge is 0.462 e. The zero-order valence-corrected chi connectivity index (χ0v) is 15.8. The second-order valence-corrected chi connectivity index (χ2v) is 7.15. The number of rotatable bonds is 6. The number of aromatic nitrogens is 1. The Balaban J connectivity index is 1.70. The summed E-state index contributed by atoms with van der Waals surface area (Å²) in [6.07, 6.45) is 0. The second kappa shape index (κ2) is 7.76. The van der Waals surface area contributed by atoms with Crippen LogP contribution in [0.15, 0.2) is 46.9 Å². The molecule has 5 nitrogen and oxygen atoms in total. The van der Waals surface area contributed by atoms with Gasteiger partial charge in [-0.1, -0.05) is 39.4 Å². The molecule has 25 heavy (non-hydrogen) atoms. The van der Waals surface area contributed by atoms with E-state index >= 15 is 0 Å². The van der Waals surface area contributed by atoms with Crippen LogP contribution < -0.4 is 5.32 Å². The van der Waals surface area contributed by atoms with Crippen molar-refractivity contribution in [2.24, 2.45) is 0 Å². The van der Waals surface area contributed by atoms with E-state index in [0.717, 1.165) is 14.7 Å². The standard InChI is InChI=1S/C18H15BrN2O3S/c1-2-24-17(23)12-5-8-14-16(9-12)25-18(21-14)20-10-15(22)11-3-6-13(19)7-4-11/h3-9H,2,10H2,1H3,(H,20,21). The molecule has 128 valence electrons. The first kappa shape index (κ1) is 17.6. The number of hydrogen-bond acceptors (Lipinski definition) is 6. The zero-order chi connectivity index (χ0) is 17.8. The Kier molecular flexibility index (Phi) is 5.45. The maximum Gasteiger partial charge on any atom is 0.338 e. The predicted octanol–water partition coefficient (Wildman–Crippen LogP) is 4.53. The fourth-order valence-electron chi connectivity index (χ4n) is 2.24. The molecule has 0 saturated heterocycles. The van der Waals surface area contributed by atoms with Gasteiger partial charge in [0.1, 0.15) is 0 Å². The summed E-state index contributed by atoms with van der Waals surface area (Å²) in [7, 11) is 0. The average molecular weight is 419 g/mol. The molecular weight excluding hydrogens is 404 g/mol. The molecule has 7 heteroatoms. The van der Waals surface area contributed by atoms with Crippen molar-refractivity contribution in [1.82, 2.24) is 4.98 Å². The van der Waals surface area contributed by atoms with Crippen molar-refractivity contribution in [2.45, 2.75) is 6.92 Å². The first-order chi connectivity index (χ1) is 12.1. The topological polar surface area (TPSA) is 68.3 Å². The smallest absolute Gasteiger partial charge is 0.338 e. The van der Waals surface area contributed by atoms with Gasteiger partial charge in [0.25, 0.3) is 0 Å². The molecule has 0 fully saturated rings. The number of fused-ring (bicyclic) bond motifs is 1. The SMILES string of the molecule is CCOC(=O)c1ccc2nc(NCC(=O)c3ccc(Br)cc3)sc2c1. The van der Waals surface area contributed by atoms with Crippen LogP contribution in [0, 0.1) is 0 Å². The molecule has 1 N–H and O–H groups in total. The number of esters is 1. The van der Waals surface area contributed by atoms with E-state index in [9.17, 15) is 9.59 Å². The molecule has 0 spiro atoms. The summed E-state index contributed by atoms with van der Waals surface area (Å²) < 4.78 is 6.80. The van der Waals surface area contributed by atoms with E-state index in [4.69, 9.17) is 4.74 Å². The van der Waals surface area contributed by atoms with E-state index in [1.54, 1.807) is 37.3 Å². The molecule has 0 aliphatic carbocycles. The van der Waals surface area contributed by atoms with Gasteiger partial charge in [0, 0.05) is 10.0 Å². The fraction of sp³-hybridized carbons (Fsp3) is 0.167. The minimum atomic E-state index is -0.349. The van der Waals surface area contributed by atoms with E-state index < -0.39 is 0 Å². The summed E-state index contributed by atoms with van der Waals surface area (Å²) in [5.41, 5.74) is 1.91. The van der Waals surface area contributed by atoms with Gasteiger partial charge in [-0.3, -0.25) is 4.79 Å². The number of halogens is 1. The summed E-state index contributed by atoms with van der Waals surface area (Å²) in [6.45, 7) is 2.27. The molecule has 3 aromatic rings. The molecule has 0 bridgehead atoms. The van der Waals surface area contributed by atoms with Crippen LogP contribution >= 0.6 is 27.3 Å². The van der Waals surface area contributed by atoms with Crippen LogP contribution in [0.4, 0.5) is 5.13 Å². The minimum absolute atomic E-state index is 0.0148. The van der Waals surface area contributed by atoms with Crippen molar-refractivity contribution in [2.75, 3.05) is 18.5 Å². The number of Topliss-reactive ketones (excluding diaryl/α,β-unsaturated/α-hetero) is 1. The Morgan fingerprint density at radius 2 is 1.88 bits per heavy atom. The predicted molar refractivity (Wildman–Crippen MR) is 103 cm³/mol. The Hall–Kier alpha value is -2.25. The molecular formula is C18H15BrN2O3S. The monoisotopic (exact) mass is 418 g/mol. The van der Waals surface area contributed by atoms with Gasteiger partial charge < -0.3 is 10.1 Å². The molecule has 1 heterocycles. The highest BCUT2D eigenvalue weighted by molar-refractivity contribution is 9.10. The van der Waals surface area contributed by atoms with Crippen molar-refractivity contribution in [3.05, 3.63) is 58.1 Å². The first-order valence-corrected chi connectivity index (χ1v) is 9.28. The third kappa shape index (κ3) is 4.24. The van der Waals surface area contributed by atoms with Crippen molar-refractivity contribution in [1.29, 1.82) is 0 Å². The molecule has 0 aliphatic rings. The van der Waals surface area contributed by atoms with Crippen molar-refractivity contribution in [3.8, 4) is 0 Å². The molecule has 2 aromatic carbocycles. The van der Waals surface area contributed by atoms with Gasteiger partial charge in [-0.25, -0.2) is 9.78 Å². The third-order valence-corrected chi connectivity index (χ3v) is 4.97. The molecule has 0 aliphatic heterocycles. The first-order valence-electron chi connectivity index (χ1n) is 7.67. The lowest BCUT2D eigenvalue weighted by atomic mass is 10.1. The van der Waals surface area contributed by atoms with Crippen molar-refractivity contribution in [3.63, 3.8) is 0 Å². The van der Waals surface area contributed by atoms with Gasteiger partial charge in [0.05, 0.1) is 28.9 Å². The molecule has 3 rings (SSSR count). The Bertz CT molecular complexity index is 922. The number of thiazole rings is 1. The van der Waals surface area contributed by atoms with Crippen LogP contribution in [-0.4, -0.2) is 29.9 Å². The van der Waals surface area contributed by atoms with Crippen LogP contribution in [0.5, 0.6) is 0 Å². The van der Waals surface area contributed by atoms with E-state index in [0.29, 0.717) is 22.9 Å². The number of ketones is 1. The summed E-state index contributed by atoms with van der Waals surface area (Å²) in [5.74, 6) is -0.364. The number of hydrogen-bond donors (Lipinski definition) is 1. The highest BCUT2D eigenvalue weighted by Crippen LogP contribution is 2.27. The number of nitrogens with zero attached hydrogens (tertiary/aromatic N) is 1. The average Bonchev–Trinajstić information content (AvgIpc) is 3.02. The molecule has 0 radical (unpaired) electrons. The van der Waals surface area contributed by atoms with E-state index in [-0.39, 0.29) is 18.3 Å². The Morgan fingerprint density at radius 3 is 2.60 bits per heavy atom. The van der Waals surface area contributed by atoms with E-state index in [1.807, 2.05) is 12.1 Å². The summed E-state index contributed by atoms with van der Waals surface area (Å²) in [4.78, 5) is 28.4. The minimum Gasteiger partial charge on any atom is -0.462 e. The second-order valence-electron chi connectivity index (χ2n) is 5.21. The van der Waals surface area contributed by atoms with E-state index in [1.165, 1.54) is 11.3 Å². The van der Waals surface area contributed by atoms with Crippen LogP contribution in [0.3, 0.4) is 0 Å². The van der Waals surface area contributed by atoms with Crippen LogP contribution in [0.2, 0.25) is 0 Å². The quantitative estimate of drug-likeness (QED) is 0.470. The lowest BCUT2D eigenvalue weighted by molar-refractivity contribution is 0.0526. The van der Waals surface area contributed by atoms with Crippen LogP contribution in [-0.2, 0) is 4.74 Å². The lowest BCUT2D eigenvalue weighted by Crippen LogP contribution is -2.13. The number of benzene rings is 2. The summed E-state index contributed by atoms with van der Waals surface area (Å²) in [6, 6.07) is 12.4. The van der Waals surface area contributed by atoms with Gasteiger partial charge in [0.15, 0.2) is 10.9 Å². The molecule has 0 saturated carbocycles. The van der Waals surface area contributed by atoms with Gasteiger partial charge >= 0.3 is 5.97 Å². The normalized spacial score (nSPS) is 10.6. The molecule has 0 amide bonds. The highest BCUT2D eigenvalue weighted by Gasteiger charge is 2.11. The molecule has 0 unspecified atom stereocenters. The molecule has 0 atom stereocenters. The Labute approximate surface area is 157 Å². The number of anilines is 1. The van der Waals surface area contributed by atoms with Crippen LogP contribution in [0.1, 0.15) is 27.6 Å². The van der Waals surface area contributed by atoms with Gasteiger partial charge in [0.2, 0.25) is 0 Å². The molecule has 1 aromatic heterocycles. The number of carbonyl (C=O) groups is 2. The van der Waals surface area contributed by atoms with Crippen molar-refractivity contribution >= 4 is 54.4 Å². The Morgan fingerprint density at radius 1 is 1.16 bits per heavy atom. The maximum atomic E-state index is 12.2. The summed E-state index contributed by atoms with van der Waals surface area (Å²) in [5, 5.41) is 3.69. The highest BCUT2D eigenvalue weighted by atomic mass is 79.9. The lowest BCUT2D eigenvalue weighted by Gasteiger charge is -2.02. The maximum absolute atomic E-state index is 12.2. The zero-order valence-electron chi connectivity index (χ0n) is 13.4. The fourth-order valence-corrected chi connectivity index (χ4v) is 3.40. The third-order valence-electron chi connectivity index (χ3n) is 3.47. The van der Waals surface area contributed by atoms with Crippen molar-refractivity contribution < 1.29 is 14.3 Å². The number of nitrogens with one attached hydrogen (secondary N) is 1. The van der Waals surface area contributed by atoms with Gasteiger partial charge in [-0.15, -0.1) is 0 Å². The number of ether oxygens (including phenoxy) is 1. The van der Waals surface area contributed by atoms with E-state index in [2.05, 4.69) is 26.2 Å². The summed E-state index contributed by atoms with van der Waals surface area (Å²) >= 11 is 4.74.